The van der Waals surface area contributed by atoms with Crippen LogP contribution in [0.15, 0.2) is 41.3 Å². The van der Waals surface area contributed by atoms with Gasteiger partial charge in [-0.2, -0.15) is 0 Å². The minimum atomic E-state index is -4.03. The topological polar surface area (TPSA) is 108 Å². The van der Waals surface area contributed by atoms with E-state index >= 15 is 0 Å². The first kappa shape index (κ1) is 17.8. The molecule has 0 aliphatic carbocycles. The Kier molecular flexibility index (Phi) is 5.15. The summed E-state index contributed by atoms with van der Waals surface area (Å²) in [6.07, 6.45) is 0. The fourth-order valence-corrected chi connectivity index (χ4v) is 3.32. The minimum absolute atomic E-state index is 0.0568. The number of hydrogen-bond donors (Lipinski definition) is 1. The Hall–Kier alpha value is -2.52. The second kappa shape index (κ2) is 6.93. The number of benzene rings is 2. The summed E-state index contributed by atoms with van der Waals surface area (Å²) in [6.45, 7) is 0. The first-order valence-electron chi connectivity index (χ1n) is 6.47. The molecule has 2 aromatic rings. The summed E-state index contributed by atoms with van der Waals surface area (Å²) < 4.78 is 37.2. The molecule has 0 atom stereocenters. The van der Waals surface area contributed by atoms with Crippen molar-refractivity contribution in [3.8, 4) is 11.5 Å². The number of non-ortho nitro benzene ring substituents is 1. The lowest BCUT2D eigenvalue weighted by Crippen LogP contribution is -2.14. The molecule has 0 saturated heterocycles. The molecule has 2 aromatic carbocycles. The molecule has 0 saturated carbocycles. The highest BCUT2D eigenvalue weighted by atomic mass is 35.5. The highest BCUT2D eigenvalue weighted by Crippen LogP contribution is 2.32. The number of rotatable bonds is 6. The molecule has 24 heavy (non-hydrogen) atoms. The SMILES string of the molecule is COc1ccc(S(=O)(=O)Nc2cc([N+](=O)[O-])ccc2OC)cc1Cl. The maximum Gasteiger partial charge on any atom is 0.271 e. The Balaban J connectivity index is 2.43. The van der Waals surface area contributed by atoms with Crippen molar-refractivity contribution in [1.82, 2.24) is 0 Å². The van der Waals surface area contributed by atoms with E-state index in [-0.39, 0.29) is 27.0 Å². The molecule has 0 aromatic heterocycles. The van der Waals surface area contributed by atoms with Gasteiger partial charge < -0.3 is 9.47 Å². The summed E-state index contributed by atoms with van der Waals surface area (Å²) in [5.74, 6) is 0.465. The van der Waals surface area contributed by atoms with Gasteiger partial charge in [-0.1, -0.05) is 11.6 Å². The van der Waals surface area contributed by atoms with Gasteiger partial charge in [-0.3, -0.25) is 14.8 Å². The van der Waals surface area contributed by atoms with Gasteiger partial charge in [0.1, 0.15) is 11.5 Å². The molecule has 0 unspecified atom stereocenters. The number of nitro benzene ring substituents is 1. The molecule has 0 bridgehead atoms. The van der Waals surface area contributed by atoms with Crippen molar-refractivity contribution in [3.05, 3.63) is 51.5 Å². The van der Waals surface area contributed by atoms with E-state index in [0.717, 1.165) is 6.07 Å². The largest absolute Gasteiger partial charge is 0.495 e. The first-order valence-corrected chi connectivity index (χ1v) is 8.33. The average molecular weight is 373 g/mol. The van der Waals surface area contributed by atoms with Crippen molar-refractivity contribution in [2.24, 2.45) is 0 Å². The molecule has 0 radical (unpaired) electrons. The molecule has 0 amide bonds. The van der Waals surface area contributed by atoms with E-state index in [4.69, 9.17) is 21.1 Å². The van der Waals surface area contributed by atoms with Gasteiger partial charge in [-0.25, -0.2) is 8.42 Å². The van der Waals surface area contributed by atoms with Gasteiger partial charge in [-0.15, -0.1) is 0 Å². The van der Waals surface area contributed by atoms with E-state index in [2.05, 4.69) is 4.72 Å². The van der Waals surface area contributed by atoms with Crippen molar-refractivity contribution in [2.45, 2.75) is 4.90 Å². The van der Waals surface area contributed by atoms with Crippen LogP contribution in [-0.4, -0.2) is 27.6 Å². The summed E-state index contributed by atoms with van der Waals surface area (Å²) in [5.41, 5.74) is -0.333. The van der Waals surface area contributed by atoms with E-state index in [1.165, 1.54) is 44.6 Å². The maximum absolute atomic E-state index is 12.5. The van der Waals surface area contributed by atoms with Gasteiger partial charge in [0, 0.05) is 12.1 Å². The summed E-state index contributed by atoms with van der Waals surface area (Å²) in [5, 5.41) is 11.0. The number of nitrogens with one attached hydrogen (secondary N) is 1. The van der Waals surface area contributed by atoms with Gasteiger partial charge in [0.25, 0.3) is 15.7 Å². The Labute approximate surface area is 143 Å². The quantitative estimate of drug-likeness (QED) is 0.616. The predicted octanol–water partition coefficient (Wildman–Crippen LogP) is 3.07. The fraction of sp³-hybridized carbons (Fsp3) is 0.143. The van der Waals surface area contributed by atoms with Crippen molar-refractivity contribution in [2.75, 3.05) is 18.9 Å². The number of hydrogen-bond acceptors (Lipinski definition) is 6. The first-order chi connectivity index (χ1) is 11.3. The van der Waals surface area contributed by atoms with Gasteiger partial charge in [0.2, 0.25) is 0 Å². The number of sulfonamides is 1. The van der Waals surface area contributed by atoms with E-state index in [9.17, 15) is 18.5 Å². The van der Waals surface area contributed by atoms with Crippen LogP contribution in [0, 0.1) is 10.1 Å². The van der Waals surface area contributed by atoms with Crippen LogP contribution in [0.3, 0.4) is 0 Å². The van der Waals surface area contributed by atoms with E-state index in [1.54, 1.807) is 0 Å². The van der Waals surface area contributed by atoms with Gasteiger partial charge >= 0.3 is 0 Å². The molecule has 2 rings (SSSR count). The number of methoxy groups -OCH3 is 2. The summed E-state index contributed by atoms with van der Waals surface area (Å²) >= 11 is 5.93. The number of anilines is 1. The van der Waals surface area contributed by atoms with Crippen LogP contribution in [-0.2, 0) is 10.0 Å². The Bertz CT molecular complexity index is 885. The Morgan fingerprint density at radius 2 is 1.71 bits per heavy atom. The lowest BCUT2D eigenvalue weighted by atomic mass is 10.2. The number of nitrogens with zero attached hydrogens (tertiary/aromatic N) is 1. The maximum atomic E-state index is 12.5. The highest BCUT2D eigenvalue weighted by molar-refractivity contribution is 7.92. The molecule has 0 spiro atoms. The molecule has 0 aliphatic rings. The zero-order valence-corrected chi connectivity index (χ0v) is 14.2. The number of nitro groups is 1. The van der Waals surface area contributed by atoms with Crippen LogP contribution >= 0.6 is 11.6 Å². The third-order valence-corrected chi connectivity index (χ3v) is 4.73. The second-order valence-electron chi connectivity index (χ2n) is 4.54. The number of ether oxygens (including phenoxy) is 2. The normalized spacial score (nSPS) is 11.0. The summed E-state index contributed by atoms with van der Waals surface area (Å²) in [6, 6.07) is 7.50. The molecular weight excluding hydrogens is 360 g/mol. The summed E-state index contributed by atoms with van der Waals surface area (Å²) in [4.78, 5) is 10.1. The van der Waals surface area contributed by atoms with Crippen molar-refractivity contribution < 1.29 is 22.8 Å². The Morgan fingerprint density at radius 3 is 2.25 bits per heavy atom. The van der Waals surface area contributed by atoms with Crippen molar-refractivity contribution in [1.29, 1.82) is 0 Å². The smallest absolute Gasteiger partial charge is 0.271 e. The molecule has 0 aliphatic heterocycles. The lowest BCUT2D eigenvalue weighted by Gasteiger charge is -2.12. The minimum Gasteiger partial charge on any atom is -0.495 e. The average Bonchev–Trinajstić information content (AvgIpc) is 2.54. The zero-order valence-electron chi connectivity index (χ0n) is 12.6. The van der Waals surface area contributed by atoms with Gasteiger partial charge in [0.05, 0.1) is 34.7 Å². The predicted molar refractivity (Wildman–Crippen MR) is 88.5 cm³/mol. The van der Waals surface area contributed by atoms with E-state index in [1.807, 2.05) is 0 Å². The molecule has 8 nitrogen and oxygen atoms in total. The molecule has 128 valence electrons. The van der Waals surface area contributed by atoms with Crippen LogP contribution in [0.25, 0.3) is 0 Å². The van der Waals surface area contributed by atoms with E-state index in [0.29, 0.717) is 5.75 Å². The standard InChI is InChI=1S/C14H13ClN2O6S/c1-22-13-6-4-10(8-11(13)15)24(20,21)16-12-7-9(17(18)19)3-5-14(12)23-2/h3-8,16H,1-2H3. The fourth-order valence-electron chi connectivity index (χ4n) is 1.91. The molecule has 10 heteroatoms. The second-order valence-corrected chi connectivity index (χ2v) is 6.63. The number of halogens is 1. The third kappa shape index (κ3) is 3.69. The van der Waals surface area contributed by atoms with Crippen molar-refractivity contribution in [3.63, 3.8) is 0 Å². The van der Waals surface area contributed by atoms with Crippen LogP contribution in [0.4, 0.5) is 11.4 Å². The molecule has 1 N–H and O–H groups in total. The van der Waals surface area contributed by atoms with Gasteiger partial charge in [-0.05, 0) is 24.3 Å². The van der Waals surface area contributed by atoms with Crippen LogP contribution in [0.1, 0.15) is 0 Å². The lowest BCUT2D eigenvalue weighted by molar-refractivity contribution is -0.384. The van der Waals surface area contributed by atoms with Crippen LogP contribution < -0.4 is 14.2 Å². The summed E-state index contributed by atoms with van der Waals surface area (Å²) in [7, 11) is -1.30. The zero-order chi connectivity index (χ0) is 17.9. The van der Waals surface area contributed by atoms with E-state index < -0.39 is 14.9 Å². The highest BCUT2D eigenvalue weighted by Gasteiger charge is 2.20. The van der Waals surface area contributed by atoms with Gasteiger partial charge in [0.15, 0.2) is 0 Å². The Morgan fingerprint density at radius 1 is 1.08 bits per heavy atom. The monoisotopic (exact) mass is 372 g/mol. The van der Waals surface area contributed by atoms with Crippen molar-refractivity contribution >= 4 is 33.0 Å². The third-order valence-electron chi connectivity index (χ3n) is 3.07. The molecular formula is C14H13ClN2O6S. The van der Waals surface area contributed by atoms with Crippen LogP contribution in [0.5, 0.6) is 11.5 Å². The van der Waals surface area contributed by atoms with Crippen LogP contribution in [0.2, 0.25) is 5.02 Å². The molecule has 0 fully saturated rings. The molecule has 0 heterocycles.